The van der Waals surface area contributed by atoms with Gasteiger partial charge in [0.25, 0.3) is 0 Å². The average molecular weight is 185 g/mol. The van der Waals surface area contributed by atoms with Crippen molar-refractivity contribution in [3.05, 3.63) is 6.33 Å². The van der Waals surface area contributed by atoms with Crippen LogP contribution in [0.1, 0.15) is 0 Å². The van der Waals surface area contributed by atoms with Crippen LogP contribution in [0, 0.1) is 0 Å². The van der Waals surface area contributed by atoms with Gasteiger partial charge in [-0.1, -0.05) is 0 Å². The highest BCUT2D eigenvalue weighted by molar-refractivity contribution is 5.76. The molecule has 2 heterocycles. The molecule has 7 heteroatoms. The topological polar surface area (TPSA) is 63.9 Å². The van der Waals surface area contributed by atoms with E-state index in [1.54, 1.807) is 0 Å². The normalized spacial score (nSPS) is 17.2. The summed E-state index contributed by atoms with van der Waals surface area (Å²) in [5, 5.41) is 10.3. The second-order valence-electron chi connectivity index (χ2n) is 2.90. The van der Waals surface area contributed by atoms with Crippen LogP contribution in [0.15, 0.2) is 6.33 Å². The van der Waals surface area contributed by atoms with Gasteiger partial charge in [-0.3, -0.25) is 4.79 Å². The highest BCUT2D eigenvalue weighted by Crippen LogP contribution is 2.11. The monoisotopic (exact) mass is 185 g/mol. The molecular formula is C6H8FN5O. The van der Waals surface area contributed by atoms with Gasteiger partial charge in [0.1, 0.15) is 19.0 Å². The molecule has 0 N–H and O–H groups in total. The third-order valence-electron chi connectivity index (χ3n) is 1.88. The summed E-state index contributed by atoms with van der Waals surface area (Å²) >= 11 is 0. The second kappa shape index (κ2) is 3.08. The summed E-state index contributed by atoms with van der Waals surface area (Å²) in [4.78, 5) is 12.7. The number of aromatic nitrogens is 4. The minimum absolute atomic E-state index is 0.0831. The molecule has 1 saturated heterocycles. The maximum Gasteiger partial charge on any atom is 0.244 e. The molecule has 1 amide bonds. The van der Waals surface area contributed by atoms with E-state index in [4.69, 9.17) is 0 Å². The van der Waals surface area contributed by atoms with Crippen LogP contribution in [0.3, 0.4) is 0 Å². The summed E-state index contributed by atoms with van der Waals surface area (Å²) in [6.07, 6.45) is 0.489. The van der Waals surface area contributed by atoms with Crippen molar-refractivity contribution >= 4 is 5.91 Å². The minimum Gasteiger partial charge on any atom is -0.335 e. The second-order valence-corrected chi connectivity index (χ2v) is 2.90. The highest BCUT2D eigenvalue weighted by Gasteiger charge is 2.30. The van der Waals surface area contributed by atoms with Crippen LogP contribution in [0.4, 0.5) is 4.39 Å². The Kier molecular flexibility index (Phi) is 1.91. The Bertz CT molecular complexity index is 294. The van der Waals surface area contributed by atoms with Gasteiger partial charge in [0, 0.05) is 0 Å². The number of tetrazole rings is 1. The smallest absolute Gasteiger partial charge is 0.244 e. The Hall–Kier alpha value is -1.53. The van der Waals surface area contributed by atoms with Gasteiger partial charge < -0.3 is 4.90 Å². The number of hydrogen-bond acceptors (Lipinski definition) is 4. The van der Waals surface area contributed by atoms with Gasteiger partial charge in [0.05, 0.1) is 13.1 Å². The number of likely N-dealkylation sites (tertiary alicyclic amines) is 1. The SMILES string of the molecule is O=C(Cn1cnnn1)N1CC(F)C1. The lowest BCUT2D eigenvalue weighted by Crippen LogP contribution is -2.52. The Morgan fingerprint density at radius 2 is 2.38 bits per heavy atom. The summed E-state index contributed by atoms with van der Waals surface area (Å²) in [6, 6.07) is 0. The quantitative estimate of drug-likeness (QED) is 0.583. The third kappa shape index (κ3) is 1.63. The molecular weight excluding hydrogens is 177 g/mol. The number of nitrogens with zero attached hydrogens (tertiary/aromatic N) is 5. The van der Waals surface area contributed by atoms with Crippen molar-refractivity contribution in [2.75, 3.05) is 13.1 Å². The Balaban J connectivity index is 1.86. The van der Waals surface area contributed by atoms with Crippen molar-refractivity contribution in [2.45, 2.75) is 12.7 Å². The van der Waals surface area contributed by atoms with Gasteiger partial charge in [0.2, 0.25) is 5.91 Å². The van der Waals surface area contributed by atoms with E-state index in [1.807, 2.05) is 0 Å². The predicted octanol–water partition coefficient (Wildman–Crippen LogP) is -1.15. The number of halogens is 1. The van der Waals surface area contributed by atoms with Crippen LogP contribution in [0.5, 0.6) is 0 Å². The molecule has 13 heavy (non-hydrogen) atoms. The van der Waals surface area contributed by atoms with Crippen molar-refractivity contribution < 1.29 is 9.18 Å². The molecule has 1 aromatic heterocycles. The number of carbonyl (C=O) groups is 1. The molecule has 6 nitrogen and oxygen atoms in total. The molecule has 1 aliphatic heterocycles. The van der Waals surface area contributed by atoms with Crippen LogP contribution in [-0.2, 0) is 11.3 Å². The largest absolute Gasteiger partial charge is 0.335 e. The molecule has 1 aromatic rings. The van der Waals surface area contributed by atoms with E-state index in [0.29, 0.717) is 0 Å². The lowest BCUT2D eigenvalue weighted by atomic mass is 10.2. The van der Waals surface area contributed by atoms with Gasteiger partial charge in [-0.15, -0.1) is 5.10 Å². The highest BCUT2D eigenvalue weighted by atomic mass is 19.1. The van der Waals surface area contributed by atoms with E-state index in [1.165, 1.54) is 15.9 Å². The first kappa shape index (κ1) is 8.09. The fourth-order valence-electron chi connectivity index (χ4n) is 1.12. The Labute approximate surface area is 73.3 Å². The molecule has 0 bridgehead atoms. The number of alkyl halides is 1. The predicted molar refractivity (Wildman–Crippen MR) is 39.3 cm³/mol. The molecule has 2 rings (SSSR count). The zero-order chi connectivity index (χ0) is 9.26. The lowest BCUT2D eigenvalue weighted by Gasteiger charge is -2.34. The van der Waals surface area contributed by atoms with E-state index in [0.717, 1.165) is 0 Å². The van der Waals surface area contributed by atoms with E-state index in [-0.39, 0.29) is 25.5 Å². The van der Waals surface area contributed by atoms with Gasteiger partial charge in [-0.05, 0) is 10.4 Å². The van der Waals surface area contributed by atoms with E-state index in [9.17, 15) is 9.18 Å². The van der Waals surface area contributed by atoms with Crippen LogP contribution >= 0.6 is 0 Å². The Morgan fingerprint density at radius 3 is 2.92 bits per heavy atom. The lowest BCUT2D eigenvalue weighted by molar-refractivity contribution is -0.139. The van der Waals surface area contributed by atoms with Crippen molar-refractivity contribution in [1.29, 1.82) is 0 Å². The number of hydrogen-bond donors (Lipinski definition) is 0. The number of carbonyl (C=O) groups excluding carboxylic acids is 1. The van der Waals surface area contributed by atoms with Crippen molar-refractivity contribution in [1.82, 2.24) is 25.1 Å². The minimum atomic E-state index is -0.863. The molecule has 0 aromatic carbocycles. The molecule has 0 atom stereocenters. The number of rotatable bonds is 2. The van der Waals surface area contributed by atoms with Gasteiger partial charge >= 0.3 is 0 Å². The summed E-state index contributed by atoms with van der Waals surface area (Å²) in [5.41, 5.74) is 0. The average Bonchev–Trinajstić information content (AvgIpc) is 2.51. The number of amides is 1. The van der Waals surface area contributed by atoms with Crippen molar-refractivity contribution in [2.24, 2.45) is 0 Å². The molecule has 70 valence electrons. The van der Waals surface area contributed by atoms with Gasteiger partial charge in [-0.25, -0.2) is 9.07 Å². The van der Waals surface area contributed by atoms with Crippen LogP contribution in [0.25, 0.3) is 0 Å². The molecule has 0 saturated carbocycles. The first-order chi connectivity index (χ1) is 6.25. The zero-order valence-electron chi connectivity index (χ0n) is 6.80. The fourth-order valence-corrected chi connectivity index (χ4v) is 1.12. The van der Waals surface area contributed by atoms with Crippen molar-refractivity contribution in [3.8, 4) is 0 Å². The van der Waals surface area contributed by atoms with Crippen molar-refractivity contribution in [3.63, 3.8) is 0 Å². The summed E-state index contributed by atoms with van der Waals surface area (Å²) in [5.74, 6) is -0.152. The summed E-state index contributed by atoms with van der Waals surface area (Å²) < 4.78 is 13.7. The molecule has 1 aliphatic rings. The first-order valence-corrected chi connectivity index (χ1v) is 3.88. The summed E-state index contributed by atoms with van der Waals surface area (Å²) in [6.45, 7) is 0.474. The maximum atomic E-state index is 12.4. The Morgan fingerprint density at radius 1 is 1.62 bits per heavy atom. The molecule has 0 radical (unpaired) electrons. The van der Waals surface area contributed by atoms with Crippen LogP contribution < -0.4 is 0 Å². The third-order valence-corrected chi connectivity index (χ3v) is 1.88. The standard InChI is InChI=1S/C6H8FN5O/c7-5-1-11(2-5)6(13)3-12-4-8-9-10-12/h4-5H,1-3H2. The van der Waals surface area contributed by atoms with Crippen LogP contribution in [-0.4, -0.2) is 50.3 Å². The summed E-state index contributed by atoms with van der Waals surface area (Å²) in [7, 11) is 0. The fraction of sp³-hybridized carbons (Fsp3) is 0.667. The van der Waals surface area contributed by atoms with E-state index >= 15 is 0 Å². The first-order valence-electron chi connectivity index (χ1n) is 3.88. The molecule has 0 unspecified atom stereocenters. The maximum absolute atomic E-state index is 12.4. The van der Waals surface area contributed by atoms with E-state index < -0.39 is 6.17 Å². The van der Waals surface area contributed by atoms with Crippen LogP contribution in [0.2, 0.25) is 0 Å². The van der Waals surface area contributed by atoms with E-state index in [2.05, 4.69) is 15.5 Å². The van der Waals surface area contributed by atoms with Gasteiger partial charge in [0.15, 0.2) is 0 Å². The van der Waals surface area contributed by atoms with Gasteiger partial charge in [-0.2, -0.15) is 0 Å². The molecule has 0 aliphatic carbocycles. The zero-order valence-corrected chi connectivity index (χ0v) is 6.80. The molecule has 1 fully saturated rings. The molecule has 0 spiro atoms.